The minimum atomic E-state index is -0.799. The van der Waals surface area contributed by atoms with Crippen molar-refractivity contribution in [1.29, 1.82) is 0 Å². The molecule has 0 saturated heterocycles. The van der Waals surface area contributed by atoms with E-state index in [1.807, 2.05) is 30.3 Å². The summed E-state index contributed by atoms with van der Waals surface area (Å²) in [6.45, 7) is 5.37. The monoisotopic (exact) mass is 488 g/mol. The van der Waals surface area contributed by atoms with Crippen molar-refractivity contribution in [2.24, 2.45) is 0 Å². The molecule has 2 heterocycles. The fraction of sp³-hybridized carbons (Fsp3) is 0.222. The standard InChI is InChI=1S/C27H24N2O7/c1-5-34-27(33)25-24(19-12-18-8-6-7-9-22(18)28-14-19)21-11-10-20(35-17(4)32)13-23(21)36-26(25)29(15(2)30)16(3)31/h6-14,24H,5H2,1-4H3. The SMILES string of the molecule is CCOC(=O)C1=C(N(C(C)=O)C(C)=O)Oc2cc(OC(C)=O)ccc2C1c1cnc2ccccc2c1. The summed E-state index contributed by atoms with van der Waals surface area (Å²) >= 11 is 0. The fourth-order valence-electron chi connectivity index (χ4n) is 4.19. The van der Waals surface area contributed by atoms with Crippen LogP contribution in [-0.4, -0.2) is 40.2 Å². The third-order valence-corrected chi connectivity index (χ3v) is 5.56. The van der Waals surface area contributed by atoms with Crippen molar-refractivity contribution in [3.63, 3.8) is 0 Å². The first-order valence-electron chi connectivity index (χ1n) is 11.3. The summed E-state index contributed by atoms with van der Waals surface area (Å²) in [5, 5.41) is 0.833. The van der Waals surface area contributed by atoms with Gasteiger partial charge in [-0.05, 0) is 30.7 Å². The van der Waals surface area contributed by atoms with Crippen molar-refractivity contribution in [2.45, 2.75) is 33.6 Å². The van der Waals surface area contributed by atoms with Crippen molar-refractivity contribution in [3.05, 3.63) is 77.3 Å². The molecular formula is C27H24N2O7. The number of pyridine rings is 1. The molecule has 3 aromatic rings. The molecule has 0 saturated carbocycles. The van der Waals surface area contributed by atoms with Crippen LogP contribution in [0.25, 0.3) is 10.9 Å². The Morgan fingerprint density at radius 3 is 2.39 bits per heavy atom. The highest BCUT2D eigenvalue weighted by molar-refractivity contribution is 5.99. The van der Waals surface area contributed by atoms with E-state index in [-0.39, 0.29) is 29.6 Å². The minimum absolute atomic E-state index is 0.0212. The molecule has 0 fully saturated rings. The van der Waals surface area contributed by atoms with Gasteiger partial charge in [-0.15, -0.1) is 0 Å². The number of nitrogens with zero attached hydrogens (tertiary/aromatic N) is 2. The van der Waals surface area contributed by atoms with Crippen LogP contribution >= 0.6 is 0 Å². The highest BCUT2D eigenvalue weighted by atomic mass is 16.5. The number of hydrogen-bond donors (Lipinski definition) is 0. The summed E-state index contributed by atoms with van der Waals surface area (Å²) in [5.41, 5.74) is 1.90. The summed E-state index contributed by atoms with van der Waals surface area (Å²) in [6.07, 6.45) is 1.63. The van der Waals surface area contributed by atoms with Crippen molar-refractivity contribution < 1.29 is 33.4 Å². The van der Waals surface area contributed by atoms with Gasteiger partial charge in [0.2, 0.25) is 17.7 Å². The van der Waals surface area contributed by atoms with E-state index in [9.17, 15) is 19.2 Å². The summed E-state index contributed by atoms with van der Waals surface area (Å²) in [4.78, 5) is 55.2. The molecule has 1 aromatic heterocycles. The van der Waals surface area contributed by atoms with Gasteiger partial charge in [0.15, 0.2) is 0 Å². The normalized spacial score (nSPS) is 14.5. The van der Waals surface area contributed by atoms with Gasteiger partial charge < -0.3 is 14.2 Å². The van der Waals surface area contributed by atoms with E-state index in [0.29, 0.717) is 11.1 Å². The first-order valence-corrected chi connectivity index (χ1v) is 11.3. The second-order valence-corrected chi connectivity index (χ2v) is 8.10. The van der Waals surface area contributed by atoms with Crippen LogP contribution in [-0.2, 0) is 23.9 Å². The molecule has 9 nitrogen and oxygen atoms in total. The number of para-hydroxylation sites is 1. The maximum Gasteiger partial charge on any atom is 0.340 e. The lowest BCUT2D eigenvalue weighted by Crippen LogP contribution is -2.39. The van der Waals surface area contributed by atoms with E-state index < -0.39 is 29.7 Å². The Bertz CT molecular complexity index is 1410. The summed E-state index contributed by atoms with van der Waals surface area (Å²) < 4.78 is 16.5. The molecule has 36 heavy (non-hydrogen) atoms. The number of hydrogen-bond acceptors (Lipinski definition) is 8. The van der Waals surface area contributed by atoms with Gasteiger partial charge in [-0.3, -0.25) is 19.4 Å². The summed E-state index contributed by atoms with van der Waals surface area (Å²) in [5.74, 6) is -3.21. The van der Waals surface area contributed by atoms with Crippen LogP contribution in [0.15, 0.2) is 66.2 Å². The minimum Gasteiger partial charge on any atom is -0.462 e. The van der Waals surface area contributed by atoms with Crippen LogP contribution < -0.4 is 9.47 Å². The van der Waals surface area contributed by atoms with Crippen LogP contribution in [0, 0.1) is 0 Å². The molecule has 9 heteroatoms. The van der Waals surface area contributed by atoms with Gasteiger partial charge in [-0.1, -0.05) is 24.3 Å². The molecule has 1 unspecified atom stereocenters. The molecule has 1 aliphatic heterocycles. The average Bonchev–Trinajstić information content (AvgIpc) is 2.82. The van der Waals surface area contributed by atoms with Gasteiger partial charge in [0.05, 0.1) is 18.0 Å². The Labute approximate surface area is 207 Å². The second-order valence-electron chi connectivity index (χ2n) is 8.10. The summed E-state index contributed by atoms with van der Waals surface area (Å²) in [7, 11) is 0. The molecular weight excluding hydrogens is 464 g/mol. The molecule has 0 radical (unpaired) electrons. The predicted octanol–water partition coefficient (Wildman–Crippen LogP) is 3.85. The van der Waals surface area contributed by atoms with E-state index >= 15 is 0 Å². The highest BCUT2D eigenvalue weighted by Gasteiger charge is 2.41. The van der Waals surface area contributed by atoms with E-state index in [1.54, 1.807) is 25.3 Å². The second kappa shape index (κ2) is 9.99. The lowest BCUT2D eigenvalue weighted by Gasteiger charge is -2.33. The zero-order valence-corrected chi connectivity index (χ0v) is 20.2. The number of fused-ring (bicyclic) bond motifs is 2. The van der Waals surface area contributed by atoms with Crippen molar-refractivity contribution in [2.75, 3.05) is 6.61 Å². The average molecular weight is 488 g/mol. The number of carbonyl (C=O) groups is 4. The van der Waals surface area contributed by atoms with Crippen molar-refractivity contribution in [1.82, 2.24) is 9.88 Å². The molecule has 0 aliphatic carbocycles. The van der Waals surface area contributed by atoms with Gasteiger partial charge in [-0.2, -0.15) is 0 Å². The maximum absolute atomic E-state index is 13.3. The zero-order valence-electron chi connectivity index (χ0n) is 20.2. The first kappa shape index (κ1) is 24.6. The number of amides is 2. The van der Waals surface area contributed by atoms with Crippen LogP contribution in [0.1, 0.15) is 44.7 Å². The molecule has 0 N–H and O–H groups in total. The van der Waals surface area contributed by atoms with E-state index in [1.165, 1.54) is 26.8 Å². The van der Waals surface area contributed by atoms with Gasteiger partial charge in [0.1, 0.15) is 17.1 Å². The first-order chi connectivity index (χ1) is 17.2. The number of esters is 2. The van der Waals surface area contributed by atoms with Crippen LogP contribution in [0.4, 0.5) is 0 Å². The van der Waals surface area contributed by atoms with Gasteiger partial charge in [0, 0.05) is 44.0 Å². The third kappa shape index (κ3) is 4.68. The van der Waals surface area contributed by atoms with E-state index in [0.717, 1.165) is 15.8 Å². The molecule has 2 aromatic carbocycles. The lowest BCUT2D eigenvalue weighted by atomic mass is 9.83. The van der Waals surface area contributed by atoms with Crippen LogP contribution in [0.5, 0.6) is 11.5 Å². The molecule has 4 rings (SSSR count). The number of imide groups is 1. The number of rotatable bonds is 5. The highest BCUT2D eigenvalue weighted by Crippen LogP contribution is 2.46. The van der Waals surface area contributed by atoms with Crippen LogP contribution in [0.3, 0.4) is 0 Å². The van der Waals surface area contributed by atoms with Crippen molar-refractivity contribution in [3.8, 4) is 11.5 Å². The Hall–Kier alpha value is -4.53. The van der Waals surface area contributed by atoms with E-state index in [2.05, 4.69) is 4.98 Å². The molecule has 2 amide bonds. The van der Waals surface area contributed by atoms with Gasteiger partial charge in [-0.25, -0.2) is 9.69 Å². The van der Waals surface area contributed by atoms with Crippen LogP contribution in [0.2, 0.25) is 0 Å². The molecule has 184 valence electrons. The molecule has 0 spiro atoms. The Kier molecular flexibility index (Phi) is 6.82. The largest absolute Gasteiger partial charge is 0.462 e. The Morgan fingerprint density at radius 1 is 1.00 bits per heavy atom. The van der Waals surface area contributed by atoms with Crippen molar-refractivity contribution >= 4 is 34.7 Å². The topological polar surface area (TPSA) is 112 Å². The van der Waals surface area contributed by atoms with Gasteiger partial charge >= 0.3 is 11.9 Å². The quantitative estimate of drug-likeness (QED) is 0.393. The smallest absolute Gasteiger partial charge is 0.340 e. The number of aromatic nitrogens is 1. The number of ether oxygens (including phenoxy) is 3. The molecule has 0 bridgehead atoms. The van der Waals surface area contributed by atoms with E-state index in [4.69, 9.17) is 14.2 Å². The Morgan fingerprint density at radius 2 is 1.72 bits per heavy atom. The number of benzene rings is 2. The zero-order chi connectivity index (χ0) is 26.0. The van der Waals surface area contributed by atoms with Gasteiger partial charge in [0.25, 0.3) is 0 Å². The predicted molar refractivity (Wildman–Crippen MR) is 129 cm³/mol. The molecule has 1 aliphatic rings. The Balaban J connectivity index is 2.02. The summed E-state index contributed by atoms with van der Waals surface area (Å²) in [6, 6.07) is 14.1. The number of carbonyl (C=O) groups excluding carboxylic acids is 4. The molecule has 1 atom stereocenters. The maximum atomic E-state index is 13.3. The fourth-order valence-corrected chi connectivity index (χ4v) is 4.19. The third-order valence-electron chi connectivity index (χ3n) is 5.56. The lowest BCUT2D eigenvalue weighted by molar-refractivity contribution is -0.142.